The summed E-state index contributed by atoms with van der Waals surface area (Å²) in [6, 6.07) is 8.76. The van der Waals surface area contributed by atoms with Crippen molar-refractivity contribution in [2.24, 2.45) is 7.05 Å². The molecule has 0 radical (unpaired) electrons. The smallest absolute Gasteiger partial charge is 0.148 e. The van der Waals surface area contributed by atoms with Crippen LogP contribution in [0.15, 0.2) is 30.5 Å². The number of hydrogen-bond acceptors (Lipinski definition) is 3. The maximum Gasteiger partial charge on any atom is 0.148 e. The first-order chi connectivity index (χ1) is 9.22. The molecule has 1 N–H and O–H groups in total. The number of rotatable bonds is 3. The molecule has 1 aromatic carbocycles. The zero-order valence-corrected chi connectivity index (χ0v) is 11.6. The average Bonchev–Trinajstić information content (AvgIpc) is 2.82. The second kappa shape index (κ2) is 4.96. The van der Waals surface area contributed by atoms with Gasteiger partial charge in [0.05, 0.1) is 0 Å². The zero-order valence-electron chi connectivity index (χ0n) is 11.6. The Balaban J connectivity index is 1.72. The predicted octanol–water partition coefficient (Wildman–Crippen LogP) is 2.41. The molecule has 0 saturated carbocycles. The van der Waals surface area contributed by atoms with Gasteiger partial charge in [0, 0.05) is 45.1 Å². The summed E-state index contributed by atoms with van der Waals surface area (Å²) in [5.41, 5.74) is 4.17. The van der Waals surface area contributed by atoms with Crippen LogP contribution in [0.2, 0.25) is 0 Å². The first-order valence-corrected chi connectivity index (χ1v) is 6.79. The number of fused-ring (bicyclic) bond motifs is 1. The van der Waals surface area contributed by atoms with Gasteiger partial charge in [0.2, 0.25) is 0 Å². The predicted molar refractivity (Wildman–Crippen MR) is 78.6 cm³/mol. The van der Waals surface area contributed by atoms with Crippen LogP contribution in [0.5, 0.6) is 0 Å². The highest BCUT2D eigenvalue weighted by Gasteiger charge is 2.13. The molecule has 0 saturated heterocycles. The summed E-state index contributed by atoms with van der Waals surface area (Å²) in [6.07, 6.45) is 4.39. The van der Waals surface area contributed by atoms with Gasteiger partial charge in [0.1, 0.15) is 5.82 Å². The summed E-state index contributed by atoms with van der Waals surface area (Å²) in [4.78, 5) is 2.34. The topological polar surface area (TPSA) is 33.1 Å². The van der Waals surface area contributed by atoms with Crippen molar-refractivity contribution in [1.82, 2.24) is 9.78 Å². The van der Waals surface area contributed by atoms with E-state index in [1.165, 1.54) is 36.2 Å². The number of anilines is 2. The van der Waals surface area contributed by atoms with Gasteiger partial charge in [0.15, 0.2) is 0 Å². The Morgan fingerprint density at radius 1 is 1.26 bits per heavy atom. The summed E-state index contributed by atoms with van der Waals surface area (Å²) in [7, 11) is 4.10. The molecule has 0 aliphatic carbocycles. The van der Waals surface area contributed by atoms with Gasteiger partial charge in [-0.3, -0.25) is 4.68 Å². The molecule has 1 aliphatic rings. The van der Waals surface area contributed by atoms with Crippen LogP contribution >= 0.6 is 0 Å². The Morgan fingerprint density at radius 3 is 2.95 bits per heavy atom. The van der Waals surface area contributed by atoms with Gasteiger partial charge in [-0.2, -0.15) is 5.10 Å². The molecule has 3 rings (SSSR count). The summed E-state index contributed by atoms with van der Waals surface area (Å²) < 4.78 is 1.81. The summed E-state index contributed by atoms with van der Waals surface area (Å²) >= 11 is 0. The van der Waals surface area contributed by atoms with Crippen LogP contribution in [-0.2, 0) is 20.0 Å². The molecule has 1 aromatic heterocycles. The van der Waals surface area contributed by atoms with Gasteiger partial charge in [-0.05, 0) is 30.0 Å². The van der Waals surface area contributed by atoms with E-state index in [0.717, 1.165) is 12.4 Å². The number of aryl methyl sites for hydroxylation is 2. The molecule has 0 atom stereocenters. The lowest BCUT2D eigenvalue weighted by Gasteiger charge is -2.27. The van der Waals surface area contributed by atoms with Crippen LogP contribution in [0.1, 0.15) is 17.5 Å². The van der Waals surface area contributed by atoms with E-state index in [4.69, 9.17) is 0 Å². The third kappa shape index (κ3) is 2.57. The number of hydrogen-bond donors (Lipinski definition) is 1. The fraction of sp³-hybridized carbons (Fsp3) is 0.400. The number of benzene rings is 1. The molecule has 4 nitrogen and oxygen atoms in total. The second-order valence-corrected chi connectivity index (χ2v) is 5.22. The SMILES string of the molecule is CN1CCCc2cc(CNc3ccn(C)n3)ccc21. The van der Waals surface area contributed by atoms with Crippen molar-refractivity contribution >= 4 is 11.5 Å². The van der Waals surface area contributed by atoms with Crippen LogP contribution in [0.4, 0.5) is 11.5 Å². The van der Waals surface area contributed by atoms with E-state index in [9.17, 15) is 0 Å². The maximum atomic E-state index is 4.32. The van der Waals surface area contributed by atoms with Crippen molar-refractivity contribution in [2.45, 2.75) is 19.4 Å². The molecule has 0 fully saturated rings. The van der Waals surface area contributed by atoms with E-state index >= 15 is 0 Å². The van der Waals surface area contributed by atoms with Crippen molar-refractivity contribution in [3.63, 3.8) is 0 Å². The van der Waals surface area contributed by atoms with Crippen LogP contribution in [-0.4, -0.2) is 23.4 Å². The second-order valence-electron chi connectivity index (χ2n) is 5.22. The molecule has 1 aliphatic heterocycles. The van der Waals surface area contributed by atoms with Gasteiger partial charge in [-0.25, -0.2) is 0 Å². The van der Waals surface area contributed by atoms with Gasteiger partial charge in [-0.1, -0.05) is 12.1 Å². The summed E-state index contributed by atoms with van der Waals surface area (Å²) in [5, 5.41) is 7.68. The monoisotopic (exact) mass is 256 g/mol. The number of nitrogens with one attached hydrogen (secondary N) is 1. The molecule has 0 unspecified atom stereocenters. The van der Waals surface area contributed by atoms with Gasteiger partial charge >= 0.3 is 0 Å². The largest absolute Gasteiger partial charge is 0.374 e. The lowest BCUT2D eigenvalue weighted by molar-refractivity contribution is 0.743. The van der Waals surface area contributed by atoms with E-state index in [2.05, 4.69) is 40.6 Å². The molecule has 2 heterocycles. The maximum absolute atomic E-state index is 4.32. The average molecular weight is 256 g/mol. The van der Waals surface area contributed by atoms with E-state index in [1.807, 2.05) is 24.0 Å². The quantitative estimate of drug-likeness (QED) is 0.915. The van der Waals surface area contributed by atoms with Crippen LogP contribution < -0.4 is 10.2 Å². The standard InChI is InChI=1S/C15H20N4/c1-18-8-3-4-13-10-12(5-6-14(13)18)11-16-15-7-9-19(2)17-15/h5-7,9-10H,3-4,8,11H2,1-2H3,(H,16,17). The molecule has 2 aromatic rings. The van der Waals surface area contributed by atoms with E-state index < -0.39 is 0 Å². The van der Waals surface area contributed by atoms with Crippen molar-refractivity contribution in [3.8, 4) is 0 Å². The normalized spacial score (nSPS) is 14.3. The highest BCUT2D eigenvalue weighted by atomic mass is 15.3. The molecule has 0 amide bonds. The highest BCUT2D eigenvalue weighted by Crippen LogP contribution is 2.26. The van der Waals surface area contributed by atoms with Crippen molar-refractivity contribution in [2.75, 3.05) is 23.8 Å². The zero-order chi connectivity index (χ0) is 13.2. The Kier molecular flexibility index (Phi) is 3.15. The molecular weight excluding hydrogens is 236 g/mol. The van der Waals surface area contributed by atoms with E-state index in [-0.39, 0.29) is 0 Å². The van der Waals surface area contributed by atoms with Crippen LogP contribution in [0.25, 0.3) is 0 Å². The van der Waals surface area contributed by atoms with E-state index in [0.29, 0.717) is 0 Å². The van der Waals surface area contributed by atoms with Crippen LogP contribution in [0.3, 0.4) is 0 Å². The first kappa shape index (κ1) is 12.1. The van der Waals surface area contributed by atoms with Gasteiger partial charge in [-0.15, -0.1) is 0 Å². The highest BCUT2D eigenvalue weighted by molar-refractivity contribution is 5.56. The molecule has 0 spiro atoms. The third-order valence-electron chi connectivity index (χ3n) is 3.68. The molecule has 100 valence electrons. The minimum atomic E-state index is 0.827. The van der Waals surface area contributed by atoms with Gasteiger partial charge < -0.3 is 10.2 Å². The minimum Gasteiger partial charge on any atom is -0.374 e. The molecular formula is C15H20N4. The Hall–Kier alpha value is -1.97. The lowest BCUT2D eigenvalue weighted by atomic mass is 9.99. The number of nitrogens with zero attached hydrogens (tertiary/aromatic N) is 3. The first-order valence-electron chi connectivity index (χ1n) is 6.79. The summed E-state index contributed by atoms with van der Waals surface area (Å²) in [6.45, 7) is 1.99. The lowest BCUT2D eigenvalue weighted by Crippen LogP contribution is -2.24. The van der Waals surface area contributed by atoms with Gasteiger partial charge in [0.25, 0.3) is 0 Å². The molecule has 19 heavy (non-hydrogen) atoms. The molecule has 0 bridgehead atoms. The van der Waals surface area contributed by atoms with Crippen molar-refractivity contribution in [3.05, 3.63) is 41.6 Å². The Bertz CT molecular complexity index is 573. The Labute approximate surface area is 114 Å². The fourth-order valence-electron chi connectivity index (χ4n) is 2.65. The van der Waals surface area contributed by atoms with Crippen molar-refractivity contribution < 1.29 is 0 Å². The van der Waals surface area contributed by atoms with Crippen molar-refractivity contribution in [1.29, 1.82) is 0 Å². The van der Waals surface area contributed by atoms with E-state index in [1.54, 1.807) is 0 Å². The van der Waals surface area contributed by atoms with Crippen LogP contribution in [0, 0.1) is 0 Å². The Morgan fingerprint density at radius 2 is 2.16 bits per heavy atom. The minimum absolute atomic E-state index is 0.827. The molecule has 4 heteroatoms. The third-order valence-corrected chi connectivity index (χ3v) is 3.68. The fourth-order valence-corrected chi connectivity index (χ4v) is 2.65. The summed E-state index contributed by atoms with van der Waals surface area (Å²) in [5.74, 6) is 0.928. The number of aromatic nitrogens is 2.